The van der Waals surface area contributed by atoms with E-state index in [1.54, 1.807) is 11.3 Å². The number of thiophene rings is 1. The first-order valence-electron chi connectivity index (χ1n) is 5.03. The SMILES string of the molecule is CSCCC(N)c1cccc2ccsc12. The van der Waals surface area contributed by atoms with Gasteiger partial charge in [0.1, 0.15) is 0 Å². The zero-order chi connectivity index (χ0) is 10.7. The molecule has 80 valence electrons. The lowest BCUT2D eigenvalue weighted by Gasteiger charge is -2.12. The molecule has 2 aromatic rings. The van der Waals surface area contributed by atoms with Gasteiger partial charge in [-0.05, 0) is 40.8 Å². The van der Waals surface area contributed by atoms with E-state index in [2.05, 4.69) is 35.9 Å². The smallest absolute Gasteiger partial charge is 0.0390 e. The van der Waals surface area contributed by atoms with Gasteiger partial charge in [-0.25, -0.2) is 0 Å². The fraction of sp³-hybridized carbons (Fsp3) is 0.333. The van der Waals surface area contributed by atoms with Crippen LogP contribution < -0.4 is 5.73 Å². The molecular weight excluding hydrogens is 222 g/mol. The molecule has 0 aliphatic rings. The summed E-state index contributed by atoms with van der Waals surface area (Å²) in [5, 5.41) is 3.45. The predicted molar refractivity (Wildman–Crippen MR) is 71.8 cm³/mol. The van der Waals surface area contributed by atoms with Crippen LogP contribution in [0.2, 0.25) is 0 Å². The van der Waals surface area contributed by atoms with E-state index in [-0.39, 0.29) is 6.04 Å². The lowest BCUT2D eigenvalue weighted by molar-refractivity contribution is 0.712. The summed E-state index contributed by atoms with van der Waals surface area (Å²) in [5.41, 5.74) is 7.50. The lowest BCUT2D eigenvalue weighted by atomic mass is 10.0. The second kappa shape index (κ2) is 5.01. The summed E-state index contributed by atoms with van der Waals surface area (Å²) in [7, 11) is 0. The van der Waals surface area contributed by atoms with Crippen molar-refractivity contribution < 1.29 is 0 Å². The van der Waals surface area contributed by atoms with E-state index in [1.165, 1.54) is 15.6 Å². The van der Waals surface area contributed by atoms with E-state index in [4.69, 9.17) is 5.73 Å². The number of fused-ring (bicyclic) bond motifs is 1. The molecule has 0 spiro atoms. The molecule has 0 radical (unpaired) electrons. The molecule has 0 aliphatic carbocycles. The van der Waals surface area contributed by atoms with E-state index in [0.29, 0.717) is 0 Å². The van der Waals surface area contributed by atoms with Crippen LogP contribution in [0.3, 0.4) is 0 Å². The van der Waals surface area contributed by atoms with Crippen LogP contribution in [0, 0.1) is 0 Å². The van der Waals surface area contributed by atoms with Crippen molar-refractivity contribution in [1.29, 1.82) is 0 Å². The van der Waals surface area contributed by atoms with Crippen molar-refractivity contribution in [3.63, 3.8) is 0 Å². The summed E-state index contributed by atoms with van der Waals surface area (Å²) in [6, 6.07) is 8.74. The maximum atomic E-state index is 6.20. The van der Waals surface area contributed by atoms with Gasteiger partial charge in [-0.15, -0.1) is 11.3 Å². The highest BCUT2D eigenvalue weighted by Crippen LogP contribution is 2.29. The molecule has 2 rings (SSSR count). The molecule has 0 saturated heterocycles. The van der Waals surface area contributed by atoms with Gasteiger partial charge in [0.05, 0.1) is 0 Å². The third-order valence-electron chi connectivity index (χ3n) is 2.54. The molecule has 1 aromatic carbocycles. The highest BCUT2D eigenvalue weighted by Gasteiger charge is 2.09. The molecule has 3 heteroatoms. The Bertz CT molecular complexity index is 436. The molecular formula is C12H15NS2. The van der Waals surface area contributed by atoms with Gasteiger partial charge >= 0.3 is 0 Å². The van der Waals surface area contributed by atoms with Crippen molar-refractivity contribution >= 4 is 33.2 Å². The maximum absolute atomic E-state index is 6.20. The molecule has 0 fully saturated rings. The molecule has 1 aromatic heterocycles. The average Bonchev–Trinajstić information content (AvgIpc) is 2.73. The molecule has 0 saturated carbocycles. The van der Waals surface area contributed by atoms with Gasteiger partial charge in [-0.1, -0.05) is 18.2 Å². The highest BCUT2D eigenvalue weighted by molar-refractivity contribution is 7.98. The number of benzene rings is 1. The molecule has 1 nitrogen and oxygen atoms in total. The zero-order valence-corrected chi connectivity index (χ0v) is 10.4. The Kier molecular flexibility index (Phi) is 3.67. The minimum atomic E-state index is 0.180. The van der Waals surface area contributed by atoms with Gasteiger partial charge < -0.3 is 5.73 Å². The van der Waals surface area contributed by atoms with Crippen molar-refractivity contribution in [3.8, 4) is 0 Å². The highest BCUT2D eigenvalue weighted by atomic mass is 32.2. The monoisotopic (exact) mass is 237 g/mol. The van der Waals surface area contributed by atoms with Crippen molar-refractivity contribution in [2.24, 2.45) is 5.73 Å². The van der Waals surface area contributed by atoms with Crippen molar-refractivity contribution in [1.82, 2.24) is 0 Å². The summed E-state index contributed by atoms with van der Waals surface area (Å²) in [5.74, 6) is 1.13. The molecule has 1 unspecified atom stereocenters. The Balaban J connectivity index is 2.29. The maximum Gasteiger partial charge on any atom is 0.0390 e. The first kappa shape index (κ1) is 11.0. The number of rotatable bonds is 4. The number of thioether (sulfide) groups is 1. The Morgan fingerprint density at radius 2 is 2.27 bits per heavy atom. The molecule has 15 heavy (non-hydrogen) atoms. The summed E-state index contributed by atoms with van der Waals surface area (Å²) < 4.78 is 1.35. The molecule has 1 atom stereocenters. The second-order valence-electron chi connectivity index (χ2n) is 3.57. The normalized spacial score (nSPS) is 13.2. The Labute approximate surface area is 98.7 Å². The molecule has 0 bridgehead atoms. The second-order valence-corrected chi connectivity index (χ2v) is 5.48. The lowest BCUT2D eigenvalue weighted by Crippen LogP contribution is -2.11. The molecule has 0 aliphatic heterocycles. The third kappa shape index (κ3) is 2.36. The van der Waals surface area contributed by atoms with Gasteiger partial charge in [0.15, 0.2) is 0 Å². The van der Waals surface area contributed by atoms with Gasteiger partial charge in [-0.2, -0.15) is 11.8 Å². The predicted octanol–water partition coefficient (Wildman–Crippen LogP) is 3.65. The fourth-order valence-corrected chi connectivity index (χ4v) is 3.18. The molecule has 0 amide bonds. The van der Waals surface area contributed by atoms with Crippen molar-refractivity contribution in [2.45, 2.75) is 12.5 Å². The Morgan fingerprint density at radius 1 is 1.40 bits per heavy atom. The molecule has 2 N–H and O–H groups in total. The number of hydrogen-bond acceptors (Lipinski definition) is 3. The quantitative estimate of drug-likeness (QED) is 0.878. The van der Waals surface area contributed by atoms with Crippen LogP contribution in [0.1, 0.15) is 18.0 Å². The summed E-state index contributed by atoms with van der Waals surface area (Å²) in [6.07, 6.45) is 3.18. The van der Waals surface area contributed by atoms with E-state index < -0.39 is 0 Å². The number of hydrogen-bond donors (Lipinski definition) is 1. The van der Waals surface area contributed by atoms with Crippen LogP contribution in [-0.4, -0.2) is 12.0 Å². The van der Waals surface area contributed by atoms with Crippen molar-refractivity contribution in [3.05, 3.63) is 35.2 Å². The Morgan fingerprint density at radius 3 is 3.07 bits per heavy atom. The van der Waals surface area contributed by atoms with E-state index in [1.807, 2.05) is 11.8 Å². The van der Waals surface area contributed by atoms with E-state index >= 15 is 0 Å². The number of nitrogens with two attached hydrogens (primary N) is 1. The first-order chi connectivity index (χ1) is 7.33. The van der Waals surface area contributed by atoms with Gasteiger partial charge in [0.2, 0.25) is 0 Å². The van der Waals surface area contributed by atoms with Crippen molar-refractivity contribution in [2.75, 3.05) is 12.0 Å². The first-order valence-corrected chi connectivity index (χ1v) is 7.31. The fourth-order valence-electron chi connectivity index (χ4n) is 1.71. The van der Waals surface area contributed by atoms with E-state index in [9.17, 15) is 0 Å². The molecule has 1 heterocycles. The third-order valence-corrected chi connectivity index (χ3v) is 4.17. The van der Waals surface area contributed by atoms with Crippen LogP contribution in [-0.2, 0) is 0 Å². The largest absolute Gasteiger partial charge is 0.324 e. The van der Waals surface area contributed by atoms with E-state index in [0.717, 1.165) is 12.2 Å². The summed E-state index contributed by atoms with van der Waals surface area (Å²) in [4.78, 5) is 0. The average molecular weight is 237 g/mol. The van der Waals surface area contributed by atoms with Crippen LogP contribution in [0.5, 0.6) is 0 Å². The van der Waals surface area contributed by atoms with Crippen LogP contribution >= 0.6 is 23.1 Å². The Hall–Kier alpha value is -0.510. The van der Waals surface area contributed by atoms with Gasteiger partial charge in [0.25, 0.3) is 0 Å². The zero-order valence-electron chi connectivity index (χ0n) is 8.77. The van der Waals surface area contributed by atoms with Crippen LogP contribution in [0.25, 0.3) is 10.1 Å². The standard InChI is InChI=1S/C12H15NS2/c1-14-7-6-11(13)10-4-2-3-9-5-8-15-12(9)10/h2-5,8,11H,6-7,13H2,1H3. The minimum absolute atomic E-state index is 0.180. The summed E-state index contributed by atoms with van der Waals surface area (Å²) in [6.45, 7) is 0. The topological polar surface area (TPSA) is 26.0 Å². The summed E-state index contributed by atoms with van der Waals surface area (Å²) >= 11 is 3.64. The van der Waals surface area contributed by atoms with Gasteiger partial charge in [-0.3, -0.25) is 0 Å². The van der Waals surface area contributed by atoms with Gasteiger partial charge in [0, 0.05) is 10.7 Å². The minimum Gasteiger partial charge on any atom is -0.324 e. The van der Waals surface area contributed by atoms with Crippen LogP contribution in [0.15, 0.2) is 29.6 Å². The van der Waals surface area contributed by atoms with Crippen LogP contribution in [0.4, 0.5) is 0 Å².